The molecule has 0 atom stereocenters. The van der Waals surface area contributed by atoms with E-state index in [0.717, 1.165) is 11.3 Å². The average molecular weight is 482 g/mol. The quantitative estimate of drug-likeness (QED) is 0.263. The third-order valence-corrected chi connectivity index (χ3v) is 3.57. The van der Waals surface area contributed by atoms with E-state index < -0.39 is 0 Å². The number of amides is 1. The highest BCUT2D eigenvalue weighted by atomic mass is 127. The van der Waals surface area contributed by atoms with Crippen LogP contribution in [0.15, 0.2) is 65.7 Å². The molecule has 6 nitrogen and oxygen atoms in total. The van der Waals surface area contributed by atoms with Crippen LogP contribution in [-0.2, 0) is 11.3 Å². The summed E-state index contributed by atoms with van der Waals surface area (Å²) < 4.78 is 5.66. The maximum atomic E-state index is 11.8. The van der Waals surface area contributed by atoms with Crippen LogP contribution in [0.4, 0.5) is 0 Å². The molecular weight excluding hydrogens is 455 g/mol. The van der Waals surface area contributed by atoms with Gasteiger partial charge < -0.3 is 20.3 Å². The molecule has 0 aliphatic rings. The van der Waals surface area contributed by atoms with Crippen LogP contribution in [0.1, 0.15) is 5.56 Å². The molecule has 0 heterocycles. The minimum atomic E-state index is -0.0141. The molecule has 0 radical (unpaired) electrons. The number of nitrogens with one attached hydrogen (secondary N) is 2. The number of carbonyl (C=O) groups is 1. The summed E-state index contributed by atoms with van der Waals surface area (Å²) in [6.45, 7) is 1.79. The van der Waals surface area contributed by atoms with Crippen molar-refractivity contribution in [3.05, 3.63) is 66.2 Å². The molecule has 0 unspecified atom stereocenters. The number of hydrogen-bond acceptors (Lipinski definition) is 3. The maximum absolute atomic E-state index is 11.8. The summed E-state index contributed by atoms with van der Waals surface area (Å²) in [5.41, 5.74) is 1.10. The van der Waals surface area contributed by atoms with Crippen molar-refractivity contribution >= 4 is 35.8 Å². The highest BCUT2D eigenvalue weighted by molar-refractivity contribution is 14.0. The van der Waals surface area contributed by atoms with Crippen LogP contribution >= 0.6 is 24.0 Å². The average Bonchev–Trinajstić information content (AvgIpc) is 2.67. The van der Waals surface area contributed by atoms with Crippen LogP contribution in [0.2, 0.25) is 0 Å². The third-order valence-electron chi connectivity index (χ3n) is 3.57. The van der Waals surface area contributed by atoms with Crippen molar-refractivity contribution in [3.8, 4) is 5.75 Å². The minimum absolute atomic E-state index is 0. The number of ether oxygens (including phenoxy) is 1. The van der Waals surface area contributed by atoms with Crippen molar-refractivity contribution in [3.63, 3.8) is 0 Å². The first kappa shape index (κ1) is 22.8. The van der Waals surface area contributed by atoms with Gasteiger partial charge in [0.05, 0.1) is 19.6 Å². The first-order valence-electron chi connectivity index (χ1n) is 8.59. The third kappa shape index (κ3) is 9.28. The molecule has 27 heavy (non-hydrogen) atoms. The molecule has 7 heteroatoms. The van der Waals surface area contributed by atoms with Crippen molar-refractivity contribution in [2.45, 2.75) is 6.54 Å². The Balaban J connectivity index is 0.00000364. The van der Waals surface area contributed by atoms with E-state index in [0.29, 0.717) is 25.7 Å². The Hall–Kier alpha value is -2.29. The summed E-state index contributed by atoms with van der Waals surface area (Å²) in [6, 6.07) is 19.6. The predicted octanol–water partition coefficient (Wildman–Crippen LogP) is 2.51. The number of carbonyl (C=O) groups excluding carboxylic acids is 1. The molecule has 0 spiro atoms. The van der Waals surface area contributed by atoms with Crippen molar-refractivity contribution < 1.29 is 9.53 Å². The smallest absolute Gasteiger partial charge is 0.241 e. The van der Waals surface area contributed by atoms with Gasteiger partial charge in [-0.25, -0.2) is 4.99 Å². The number of guanidine groups is 1. The lowest BCUT2D eigenvalue weighted by Gasteiger charge is -2.15. The van der Waals surface area contributed by atoms with E-state index in [1.54, 1.807) is 19.0 Å². The number of para-hydroxylation sites is 1. The van der Waals surface area contributed by atoms with Gasteiger partial charge in [0.1, 0.15) is 12.4 Å². The molecule has 0 aromatic heterocycles. The van der Waals surface area contributed by atoms with Gasteiger partial charge in [-0.2, -0.15) is 0 Å². The summed E-state index contributed by atoms with van der Waals surface area (Å²) in [4.78, 5) is 17.9. The highest BCUT2D eigenvalue weighted by Crippen LogP contribution is 2.07. The molecule has 1 amide bonds. The van der Waals surface area contributed by atoms with Gasteiger partial charge >= 0.3 is 0 Å². The second kappa shape index (κ2) is 13.0. The van der Waals surface area contributed by atoms with E-state index in [4.69, 9.17) is 4.74 Å². The molecule has 2 N–H and O–H groups in total. The van der Waals surface area contributed by atoms with Crippen LogP contribution in [0.5, 0.6) is 5.75 Å². The Kier molecular flexibility index (Phi) is 10.9. The molecule has 0 aliphatic carbocycles. The Morgan fingerprint density at radius 3 is 2.26 bits per heavy atom. The zero-order valence-electron chi connectivity index (χ0n) is 15.7. The number of aliphatic imine (C=N–C) groups is 1. The van der Waals surface area contributed by atoms with Gasteiger partial charge in [-0.05, 0) is 17.7 Å². The van der Waals surface area contributed by atoms with E-state index in [1.807, 2.05) is 60.7 Å². The number of benzene rings is 2. The normalized spacial score (nSPS) is 10.5. The fourth-order valence-corrected chi connectivity index (χ4v) is 2.10. The molecule has 2 aromatic rings. The molecule has 0 saturated carbocycles. The number of nitrogens with zero attached hydrogens (tertiary/aromatic N) is 2. The van der Waals surface area contributed by atoms with Crippen LogP contribution in [0.3, 0.4) is 0 Å². The Morgan fingerprint density at radius 1 is 1.00 bits per heavy atom. The van der Waals surface area contributed by atoms with Crippen LogP contribution in [0.25, 0.3) is 0 Å². The number of halogens is 1. The fraction of sp³-hybridized carbons (Fsp3) is 0.300. The van der Waals surface area contributed by atoms with Gasteiger partial charge in [0.25, 0.3) is 0 Å². The first-order chi connectivity index (χ1) is 12.6. The first-order valence-corrected chi connectivity index (χ1v) is 8.59. The van der Waals surface area contributed by atoms with Gasteiger partial charge in [-0.3, -0.25) is 4.79 Å². The van der Waals surface area contributed by atoms with Gasteiger partial charge in [0.2, 0.25) is 5.91 Å². The van der Waals surface area contributed by atoms with Gasteiger partial charge in [-0.15, -0.1) is 24.0 Å². The van der Waals surface area contributed by atoms with Crippen LogP contribution in [0, 0.1) is 0 Å². The summed E-state index contributed by atoms with van der Waals surface area (Å²) in [7, 11) is 3.46. The summed E-state index contributed by atoms with van der Waals surface area (Å²) in [5, 5.41) is 6.26. The zero-order chi connectivity index (χ0) is 18.6. The molecule has 0 fully saturated rings. The Morgan fingerprint density at radius 2 is 1.63 bits per heavy atom. The molecular formula is C20H27IN4O2. The fourth-order valence-electron chi connectivity index (χ4n) is 2.10. The lowest BCUT2D eigenvalue weighted by molar-refractivity contribution is -0.127. The highest BCUT2D eigenvalue weighted by Gasteiger charge is 2.06. The molecule has 2 rings (SSSR count). The zero-order valence-corrected chi connectivity index (χ0v) is 18.1. The topological polar surface area (TPSA) is 66.0 Å². The van der Waals surface area contributed by atoms with Crippen molar-refractivity contribution in [2.75, 3.05) is 33.8 Å². The monoisotopic (exact) mass is 482 g/mol. The molecule has 0 bridgehead atoms. The second-order valence-corrected chi connectivity index (χ2v) is 5.88. The lowest BCUT2D eigenvalue weighted by Crippen LogP contribution is -2.44. The lowest BCUT2D eigenvalue weighted by atomic mass is 10.2. The molecule has 2 aromatic carbocycles. The van der Waals surface area contributed by atoms with Crippen molar-refractivity contribution in [1.82, 2.24) is 15.5 Å². The van der Waals surface area contributed by atoms with Gasteiger partial charge in [0, 0.05) is 14.1 Å². The van der Waals surface area contributed by atoms with E-state index in [-0.39, 0.29) is 36.4 Å². The maximum Gasteiger partial charge on any atom is 0.241 e. The van der Waals surface area contributed by atoms with Crippen molar-refractivity contribution in [2.24, 2.45) is 4.99 Å². The molecule has 0 saturated heterocycles. The SMILES string of the molecule is CN(C)C(=O)CNC(=NCc1ccccc1)NCCOc1ccccc1.I. The molecule has 0 aliphatic heterocycles. The summed E-state index contributed by atoms with van der Waals surface area (Å²) >= 11 is 0. The Bertz CT molecular complexity index is 694. The van der Waals surface area contributed by atoms with Crippen molar-refractivity contribution in [1.29, 1.82) is 0 Å². The summed E-state index contributed by atoms with van der Waals surface area (Å²) in [6.07, 6.45) is 0. The van der Waals surface area contributed by atoms with Crippen LogP contribution < -0.4 is 15.4 Å². The number of rotatable bonds is 8. The summed E-state index contributed by atoms with van der Waals surface area (Å²) in [5.74, 6) is 1.40. The van der Waals surface area contributed by atoms with E-state index in [9.17, 15) is 4.79 Å². The second-order valence-electron chi connectivity index (χ2n) is 5.88. The standard InChI is InChI=1S/C20H26N4O2.HI/c1-24(2)19(25)16-23-20(22-15-17-9-5-3-6-10-17)21-13-14-26-18-11-7-4-8-12-18;/h3-12H,13-16H2,1-2H3,(H2,21,22,23);1H. The minimum Gasteiger partial charge on any atom is -0.492 e. The number of likely N-dealkylation sites (N-methyl/N-ethyl adjacent to an activating group) is 1. The predicted molar refractivity (Wildman–Crippen MR) is 120 cm³/mol. The van der Waals surface area contributed by atoms with E-state index >= 15 is 0 Å². The van der Waals surface area contributed by atoms with Crippen LogP contribution in [-0.4, -0.2) is 50.6 Å². The Labute approximate surface area is 178 Å². The molecule has 146 valence electrons. The van der Waals surface area contributed by atoms with E-state index in [1.165, 1.54) is 0 Å². The van der Waals surface area contributed by atoms with Gasteiger partial charge in [-0.1, -0.05) is 48.5 Å². The largest absolute Gasteiger partial charge is 0.492 e. The number of hydrogen-bond donors (Lipinski definition) is 2. The van der Waals surface area contributed by atoms with E-state index in [2.05, 4.69) is 15.6 Å². The van der Waals surface area contributed by atoms with Gasteiger partial charge in [0.15, 0.2) is 5.96 Å².